The van der Waals surface area contributed by atoms with Crippen molar-refractivity contribution >= 4 is 5.91 Å². The molecule has 0 aliphatic carbocycles. The number of nitrogens with one attached hydrogen (secondary N) is 2. The van der Waals surface area contributed by atoms with E-state index in [1.54, 1.807) is 0 Å². The fourth-order valence-electron chi connectivity index (χ4n) is 2.24. The molecule has 2 N–H and O–H groups in total. The van der Waals surface area contributed by atoms with Crippen molar-refractivity contribution in [3.8, 4) is 0 Å². The van der Waals surface area contributed by atoms with E-state index in [2.05, 4.69) is 24.5 Å². The van der Waals surface area contributed by atoms with Gasteiger partial charge in [0.05, 0.1) is 0 Å². The number of carbonyl (C=O) groups is 1. The fourth-order valence-corrected chi connectivity index (χ4v) is 2.24. The van der Waals surface area contributed by atoms with Crippen molar-refractivity contribution in [1.29, 1.82) is 0 Å². The second kappa shape index (κ2) is 7.66. The van der Waals surface area contributed by atoms with E-state index in [0.717, 1.165) is 13.0 Å². The van der Waals surface area contributed by atoms with Crippen LogP contribution in [0.4, 0.5) is 0 Å². The molecule has 0 spiro atoms. The lowest BCUT2D eigenvalue weighted by molar-refractivity contribution is -0.122. The molecule has 1 amide bonds. The van der Waals surface area contributed by atoms with E-state index in [1.807, 2.05) is 0 Å². The van der Waals surface area contributed by atoms with E-state index in [-0.39, 0.29) is 5.91 Å². The third-order valence-corrected chi connectivity index (χ3v) is 3.28. The van der Waals surface area contributed by atoms with E-state index in [4.69, 9.17) is 0 Å². The highest BCUT2D eigenvalue weighted by molar-refractivity contribution is 5.76. The molecule has 0 aromatic rings. The molecule has 1 aliphatic heterocycles. The Hall–Kier alpha value is -0.570. The summed E-state index contributed by atoms with van der Waals surface area (Å²) in [5.74, 6) is 0.202. The number of hydrogen-bond acceptors (Lipinski definition) is 2. The lowest BCUT2D eigenvalue weighted by atomic mass is 10.0. The zero-order chi connectivity index (χ0) is 11.8. The smallest absolute Gasteiger partial charge is 0.220 e. The molecule has 1 rings (SSSR count). The van der Waals surface area contributed by atoms with Gasteiger partial charge in [-0.15, -0.1) is 0 Å². The van der Waals surface area contributed by atoms with Gasteiger partial charge in [0.2, 0.25) is 5.91 Å². The highest BCUT2D eigenvalue weighted by Crippen LogP contribution is 2.08. The molecule has 3 heteroatoms. The quantitative estimate of drug-likeness (QED) is 0.654. The SMILES string of the molecule is CCCCCCC(C)NC1CCC(=O)NC1. The van der Waals surface area contributed by atoms with Crippen LogP contribution in [0, 0.1) is 0 Å². The Morgan fingerprint density at radius 3 is 2.88 bits per heavy atom. The van der Waals surface area contributed by atoms with Crippen molar-refractivity contribution in [2.45, 2.75) is 70.9 Å². The van der Waals surface area contributed by atoms with Crippen molar-refractivity contribution in [1.82, 2.24) is 10.6 Å². The first-order valence-electron chi connectivity index (χ1n) is 6.75. The highest BCUT2D eigenvalue weighted by Gasteiger charge is 2.18. The van der Waals surface area contributed by atoms with Crippen molar-refractivity contribution in [3.05, 3.63) is 0 Å². The van der Waals surface area contributed by atoms with Gasteiger partial charge in [-0.1, -0.05) is 32.6 Å². The molecule has 0 saturated carbocycles. The molecule has 94 valence electrons. The Balaban J connectivity index is 2.04. The maximum Gasteiger partial charge on any atom is 0.220 e. The number of hydrogen-bond donors (Lipinski definition) is 2. The zero-order valence-corrected chi connectivity index (χ0v) is 10.7. The van der Waals surface area contributed by atoms with Crippen LogP contribution in [-0.4, -0.2) is 24.5 Å². The number of amides is 1. The molecule has 0 radical (unpaired) electrons. The second-order valence-corrected chi connectivity index (χ2v) is 4.96. The molecule has 0 aromatic heterocycles. The van der Waals surface area contributed by atoms with E-state index >= 15 is 0 Å². The van der Waals surface area contributed by atoms with Crippen LogP contribution in [-0.2, 0) is 4.79 Å². The molecule has 1 saturated heterocycles. The highest BCUT2D eigenvalue weighted by atomic mass is 16.1. The van der Waals surface area contributed by atoms with Crippen molar-refractivity contribution in [2.75, 3.05) is 6.54 Å². The summed E-state index contributed by atoms with van der Waals surface area (Å²) < 4.78 is 0. The zero-order valence-electron chi connectivity index (χ0n) is 10.7. The van der Waals surface area contributed by atoms with Gasteiger partial charge < -0.3 is 10.6 Å². The predicted molar refractivity (Wildman–Crippen MR) is 67.4 cm³/mol. The van der Waals surface area contributed by atoms with Crippen LogP contribution in [0.5, 0.6) is 0 Å². The predicted octanol–water partition coefficient (Wildman–Crippen LogP) is 2.21. The summed E-state index contributed by atoms with van der Waals surface area (Å²) in [4.78, 5) is 11.0. The molecule has 0 aromatic carbocycles. The molecule has 3 nitrogen and oxygen atoms in total. The molecular weight excluding hydrogens is 200 g/mol. The molecule has 0 bridgehead atoms. The third-order valence-electron chi connectivity index (χ3n) is 3.28. The van der Waals surface area contributed by atoms with Crippen molar-refractivity contribution in [3.63, 3.8) is 0 Å². The Bertz CT molecular complexity index is 196. The van der Waals surface area contributed by atoms with Crippen LogP contribution >= 0.6 is 0 Å². The largest absolute Gasteiger partial charge is 0.355 e. The van der Waals surface area contributed by atoms with Gasteiger partial charge in [-0.3, -0.25) is 4.79 Å². The lowest BCUT2D eigenvalue weighted by Gasteiger charge is -2.27. The standard InChI is InChI=1S/C13H26N2O/c1-3-4-5-6-7-11(2)15-12-8-9-13(16)14-10-12/h11-12,15H,3-10H2,1-2H3,(H,14,16). The molecule has 16 heavy (non-hydrogen) atoms. The van der Waals surface area contributed by atoms with Crippen LogP contribution in [0.15, 0.2) is 0 Å². The first-order chi connectivity index (χ1) is 7.72. The number of rotatable bonds is 7. The molecule has 1 fully saturated rings. The van der Waals surface area contributed by atoms with Gasteiger partial charge in [-0.05, 0) is 19.8 Å². The second-order valence-electron chi connectivity index (χ2n) is 4.96. The van der Waals surface area contributed by atoms with Crippen LogP contribution in [0.2, 0.25) is 0 Å². The number of unbranched alkanes of at least 4 members (excludes halogenated alkanes) is 3. The Morgan fingerprint density at radius 1 is 1.44 bits per heavy atom. The van der Waals surface area contributed by atoms with Crippen LogP contribution in [0.1, 0.15) is 58.8 Å². The molecule has 1 heterocycles. The van der Waals surface area contributed by atoms with Gasteiger partial charge in [0, 0.05) is 25.0 Å². The van der Waals surface area contributed by atoms with Gasteiger partial charge >= 0.3 is 0 Å². The van der Waals surface area contributed by atoms with Crippen LogP contribution in [0.25, 0.3) is 0 Å². The average molecular weight is 226 g/mol. The molecule has 2 atom stereocenters. The number of carbonyl (C=O) groups excluding carboxylic acids is 1. The van der Waals surface area contributed by atoms with Gasteiger partial charge in [0.1, 0.15) is 0 Å². The van der Waals surface area contributed by atoms with E-state index in [9.17, 15) is 4.79 Å². The number of piperidine rings is 1. The molecule has 1 aliphatic rings. The topological polar surface area (TPSA) is 41.1 Å². The summed E-state index contributed by atoms with van der Waals surface area (Å²) in [5.41, 5.74) is 0. The summed E-state index contributed by atoms with van der Waals surface area (Å²) in [6.45, 7) is 5.30. The molecular formula is C13H26N2O. The Morgan fingerprint density at radius 2 is 2.25 bits per heavy atom. The minimum absolute atomic E-state index is 0.202. The maximum atomic E-state index is 11.0. The normalized spacial score (nSPS) is 22.9. The summed E-state index contributed by atoms with van der Waals surface area (Å²) in [5, 5.41) is 6.51. The minimum Gasteiger partial charge on any atom is -0.355 e. The van der Waals surface area contributed by atoms with Crippen LogP contribution in [0.3, 0.4) is 0 Å². The van der Waals surface area contributed by atoms with E-state index < -0.39 is 0 Å². The van der Waals surface area contributed by atoms with Gasteiger partial charge in [0.25, 0.3) is 0 Å². The van der Waals surface area contributed by atoms with Gasteiger partial charge in [-0.2, -0.15) is 0 Å². The maximum absolute atomic E-state index is 11.0. The van der Waals surface area contributed by atoms with Crippen LogP contribution < -0.4 is 10.6 Å². The van der Waals surface area contributed by atoms with E-state index in [0.29, 0.717) is 18.5 Å². The van der Waals surface area contributed by atoms with E-state index in [1.165, 1.54) is 32.1 Å². The third kappa shape index (κ3) is 5.50. The Labute approximate surface area is 99.4 Å². The summed E-state index contributed by atoms with van der Waals surface area (Å²) >= 11 is 0. The monoisotopic (exact) mass is 226 g/mol. The minimum atomic E-state index is 0.202. The summed E-state index contributed by atoms with van der Waals surface area (Å²) in [7, 11) is 0. The van der Waals surface area contributed by atoms with Crippen molar-refractivity contribution in [2.24, 2.45) is 0 Å². The first-order valence-corrected chi connectivity index (χ1v) is 6.75. The summed E-state index contributed by atoms with van der Waals surface area (Å²) in [6, 6.07) is 1.07. The Kier molecular flexibility index (Phi) is 6.46. The van der Waals surface area contributed by atoms with Gasteiger partial charge in [0.15, 0.2) is 0 Å². The van der Waals surface area contributed by atoms with Gasteiger partial charge in [-0.25, -0.2) is 0 Å². The fraction of sp³-hybridized carbons (Fsp3) is 0.923. The summed E-state index contributed by atoms with van der Waals surface area (Å²) in [6.07, 6.45) is 8.25. The lowest BCUT2D eigenvalue weighted by Crippen LogP contribution is -2.48. The average Bonchev–Trinajstić information content (AvgIpc) is 2.28. The van der Waals surface area contributed by atoms with Crippen molar-refractivity contribution < 1.29 is 4.79 Å². The molecule has 2 unspecified atom stereocenters. The first kappa shape index (κ1) is 13.5.